The second-order valence-electron chi connectivity index (χ2n) is 7.78. The van der Waals surface area contributed by atoms with Crippen molar-refractivity contribution >= 4 is 68.5 Å². The van der Waals surface area contributed by atoms with Crippen LogP contribution in [0.25, 0.3) is 17.0 Å². The van der Waals surface area contributed by atoms with Crippen molar-refractivity contribution in [2.24, 2.45) is 0 Å². The lowest BCUT2D eigenvalue weighted by atomic mass is 10.1. The normalized spacial score (nSPS) is 14.8. The van der Waals surface area contributed by atoms with Gasteiger partial charge in [0.25, 0.3) is 5.91 Å². The molecule has 1 saturated heterocycles. The molecule has 35 heavy (non-hydrogen) atoms. The highest BCUT2D eigenvalue weighted by Crippen LogP contribution is 2.37. The van der Waals surface area contributed by atoms with Crippen LogP contribution in [0.2, 0.25) is 0 Å². The fraction of sp³-hybridized carbons (Fsp3) is 0.0385. The fourth-order valence-corrected chi connectivity index (χ4v) is 5.15. The summed E-state index contributed by atoms with van der Waals surface area (Å²) in [6.07, 6.45) is 3.53. The van der Waals surface area contributed by atoms with E-state index < -0.39 is 5.82 Å². The third-order valence-electron chi connectivity index (χ3n) is 5.41. The van der Waals surface area contributed by atoms with Gasteiger partial charge < -0.3 is 9.88 Å². The van der Waals surface area contributed by atoms with Gasteiger partial charge in [-0.15, -0.1) is 0 Å². The van der Waals surface area contributed by atoms with Crippen LogP contribution < -0.4 is 10.2 Å². The molecule has 1 aliphatic heterocycles. The van der Waals surface area contributed by atoms with E-state index in [0.717, 1.165) is 28.2 Å². The summed E-state index contributed by atoms with van der Waals surface area (Å²) >= 11 is 6.53. The van der Waals surface area contributed by atoms with Crippen LogP contribution in [0.15, 0.2) is 83.9 Å². The largest absolute Gasteiger partial charge is 0.337 e. The Bertz CT molecular complexity index is 1510. The van der Waals surface area contributed by atoms with E-state index in [2.05, 4.69) is 5.32 Å². The number of anilines is 2. The van der Waals surface area contributed by atoms with Gasteiger partial charge >= 0.3 is 0 Å². The number of carbonyl (C=O) groups is 2. The molecule has 0 spiro atoms. The molecule has 1 aromatic heterocycles. The van der Waals surface area contributed by atoms with Gasteiger partial charge in [-0.05, 0) is 54.6 Å². The summed E-state index contributed by atoms with van der Waals surface area (Å²) in [7, 11) is 0. The molecule has 9 heteroatoms. The summed E-state index contributed by atoms with van der Waals surface area (Å²) in [6.45, 7) is 0.0238. The minimum absolute atomic E-state index is 0.0238. The maximum absolute atomic E-state index is 13.7. The average Bonchev–Trinajstić information content (AvgIpc) is 3.31. The number of benzene rings is 3. The molecule has 2 heterocycles. The lowest BCUT2D eigenvalue weighted by Crippen LogP contribution is -2.27. The van der Waals surface area contributed by atoms with Crippen molar-refractivity contribution in [1.29, 1.82) is 0 Å². The highest BCUT2D eigenvalue weighted by Gasteiger charge is 2.33. The molecule has 0 atom stereocenters. The van der Waals surface area contributed by atoms with E-state index in [1.54, 1.807) is 22.9 Å². The minimum atomic E-state index is -0.456. The Morgan fingerprint density at radius 1 is 1.00 bits per heavy atom. The lowest BCUT2D eigenvalue weighted by Gasteiger charge is -2.14. The van der Waals surface area contributed by atoms with Gasteiger partial charge in [-0.2, -0.15) is 0 Å². The van der Waals surface area contributed by atoms with E-state index in [9.17, 15) is 18.4 Å². The summed E-state index contributed by atoms with van der Waals surface area (Å²) in [4.78, 5) is 27.5. The van der Waals surface area contributed by atoms with E-state index in [4.69, 9.17) is 12.2 Å². The number of nitrogens with one attached hydrogen (secondary N) is 1. The number of halogens is 2. The first-order valence-corrected chi connectivity index (χ1v) is 11.8. The van der Waals surface area contributed by atoms with Crippen LogP contribution in [0, 0.1) is 11.6 Å². The number of thioether (sulfide) groups is 1. The zero-order chi connectivity index (χ0) is 24.5. The molecule has 1 aliphatic rings. The summed E-state index contributed by atoms with van der Waals surface area (Å²) in [5.41, 5.74) is 2.42. The Hall–Kier alpha value is -3.82. The second-order valence-corrected chi connectivity index (χ2v) is 9.46. The number of thiocarbonyl (C=S) groups is 1. The molecule has 0 radical (unpaired) electrons. The maximum atomic E-state index is 13.7. The molecular weight excluding hydrogens is 488 g/mol. The topological polar surface area (TPSA) is 54.3 Å². The van der Waals surface area contributed by atoms with Gasteiger partial charge in [0, 0.05) is 28.4 Å². The number of nitrogens with zero attached hydrogens (tertiary/aromatic N) is 2. The van der Waals surface area contributed by atoms with Gasteiger partial charge in [-0.1, -0.05) is 48.2 Å². The summed E-state index contributed by atoms with van der Waals surface area (Å²) in [6, 6.07) is 18.8. The van der Waals surface area contributed by atoms with Crippen LogP contribution >= 0.6 is 24.0 Å². The molecule has 0 saturated carbocycles. The molecule has 0 unspecified atom stereocenters. The number of carbonyl (C=O) groups excluding carboxylic acids is 2. The third-order valence-corrected chi connectivity index (χ3v) is 6.71. The van der Waals surface area contributed by atoms with Crippen LogP contribution in [0.3, 0.4) is 0 Å². The Labute approximate surface area is 209 Å². The fourth-order valence-electron chi connectivity index (χ4n) is 3.86. The molecular formula is C26H17F2N3O2S2. The quantitative estimate of drug-likeness (QED) is 0.269. The van der Waals surface area contributed by atoms with Crippen molar-refractivity contribution in [2.45, 2.75) is 6.54 Å². The molecule has 0 bridgehead atoms. The molecule has 1 fully saturated rings. The number of fused-ring (bicyclic) bond motifs is 1. The Morgan fingerprint density at radius 2 is 1.77 bits per heavy atom. The molecule has 3 aromatic carbocycles. The Balaban J connectivity index is 1.43. The first kappa shape index (κ1) is 22.9. The molecule has 2 amide bonds. The third kappa shape index (κ3) is 4.73. The van der Waals surface area contributed by atoms with Crippen molar-refractivity contribution in [3.05, 3.63) is 101 Å². The summed E-state index contributed by atoms with van der Waals surface area (Å²) in [5, 5.41) is 3.61. The first-order valence-electron chi connectivity index (χ1n) is 10.6. The predicted molar refractivity (Wildman–Crippen MR) is 139 cm³/mol. The van der Waals surface area contributed by atoms with Crippen molar-refractivity contribution in [1.82, 2.24) is 4.57 Å². The van der Waals surface area contributed by atoms with Gasteiger partial charge in [0.05, 0.1) is 10.6 Å². The van der Waals surface area contributed by atoms with Crippen LogP contribution in [-0.4, -0.2) is 20.7 Å². The summed E-state index contributed by atoms with van der Waals surface area (Å²) in [5.74, 6) is -1.45. The van der Waals surface area contributed by atoms with Crippen molar-refractivity contribution in [3.8, 4) is 0 Å². The minimum Gasteiger partial charge on any atom is -0.337 e. The molecule has 5 rings (SSSR count). The van der Waals surface area contributed by atoms with E-state index in [-0.39, 0.29) is 24.2 Å². The molecule has 1 N–H and O–H groups in total. The van der Waals surface area contributed by atoms with Gasteiger partial charge in [0.15, 0.2) is 4.32 Å². The molecule has 4 aromatic rings. The second kappa shape index (κ2) is 9.44. The molecule has 0 aliphatic carbocycles. The number of amides is 2. The van der Waals surface area contributed by atoms with Crippen molar-refractivity contribution in [3.63, 3.8) is 0 Å². The predicted octanol–water partition coefficient (Wildman–Crippen LogP) is 5.96. The number of rotatable bonds is 5. The molecule has 5 nitrogen and oxygen atoms in total. The zero-order valence-electron chi connectivity index (χ0n) is 18.1. The zero-order valence-corrected chi connectivity index (χ0v) is 19.7. The Kier molecular flexibility index (Phi) is 6.19. The maximum Gasteiger partial charge on any atom is 0.270 e. The average molecular weight is 506 g/mol. The monoisotopic (exact) mass is 505 g/mol. The van der Waals surface area contributed by atoms with E-state index in [1.165, 1.54) is 47.4 Å². The van der Waals surface area contributed by atoms with Gasteiger partial charge in [-0.25, -0.2) is 8.78 Å². The van der Waals surface area contributed by atoms with Crippen LogP contribution in [0.4, 0.5) is 20.2 Å². The summed E-state index contributed by atoms with van der Waals surface area (Å²) < 4.78 is 28.9. The van der Waals surface area contributed by atoms with E-state index in [0.29, 0.717) is 20.6 Å². The highest BCUT2D eigenvalue weighted by molar-refractivity contribution is 8.27. The van der Waals surface area contributed by atoms with Crippen LogP contribution in [0.1, 0.15) is 5.56 Å². The standard InChI is InChI=1S/C26H17F2N3O2S2/c27-17-8-10-19(11-9-17)29-24(32)15-30-14-16(21-6-1-2-7-22(21)30)12-23-25(33)31(26(34)35-23)20-5-3-4-18(28)13-20/h1-14H,15H2,(H,29,32)/b23-12+. The van der Waals surface area contributed by atoms with Gasteiger partial charge in [0.1, 0.15) is 18.2 Å². The van der Waals surface area contributed by atoms with E-state index in [1.807, 2.05) is 24.3 Å². The van der Waals surface area contributed by atoms with E-state index >= 15 is 0 Å². The van der Waals surface area contributed by atoms with Crippen molar-refractivity contribution in [2.75, 3.05) is 10.2 Å². The Morgan fingerprint density at radius 3 is 2.54 bits per heavy atom. The molecule has 174 valence electrons. The number of hydrogen-bond donors (Lipinski definition) is 1. The number of aromatic nitrogens is 1. The van der Waals surface area contributed by atoms with Crippen molar-refractivity contribution < 1.29 is 18.4 Å². The lowest BCUT2D eigenvalue weighted by molar-refractivity contribution is -0.116. The SMILES string of the molecule is O=C(Cn1cc(/C=C2/SC(=S)N(c3cccc(F)c3)C2=O)c2ccccc21)Nc1ccc(F)cc1. The van der Waals surface area contributed by atoms with Gasteiger partial charge in [0.2, 0.25) is 5.91 Å². The van der Waals surface area contributed by atoms with Crippen LogP contribution in [-0.2, 0) is 16.1 Å². The van der Waals surface area contributed by atoms with Gasteiger partial charge in [-0.3, -0.25) is 14.5 Å². The number of para-hydroxylation sites is 1. The smallest absolute Gasteiger partial charge is 0.270 e. The number of hydrogen-bond acceptors (Lipinski definition) is 4. The highest BCUT2D eigenvalue weighted by atomic mass is 32.2. The first-order chi connectivity index (χ1) is 16.9. The van der Waals surface area contributed by atoms with Crippen LogP contribution in [0.5, 0.6) is 0 Å².